The van der Waals surface area contributed by atoms with E-state index in [-0.39, 0.29) is 6.03 Å². The van der Waals surface area contributed by atoms with Crippen molar-refractivity contribution in [1.29, 1.82) is 0 Å². The van der Waals surface area contributed by atoms with Gasteiger partial charge in [0.25, 0.3) is 0 Å². The number of rotatable bonds is 5. The molecule has 1 unspecified atom stereocenters. The van der Waals surface area contributed by atoms with Gasteiger partial charge >= 0.3 is 6.03 Å². The van der Waals surface area contributed by atoms with Gasteiger partial charge in [-0.15, -0.1) is 11.3 Å². The van der Waals surface area contributed by atoms with Crippen molar-refractivity contribution in [3.8, 4) is 0 Å². The number of thiophene rings is 1. The number of likely N-dealkylation sites (N-methyl/N-ethyl adjacent to an activating group) is 1. The van der Waals surface area contributed by atoms with Crippen LogP contribution in [-0.4, -0.2) is 46.9 Å². The fraction of sp³-hybridized carbons (Fsp3) is 0.600. The van der Waals surface area contributed by atoms with E-state index in [1.54, 1.807) is 4.68 Å². The molecular formula is C20H30N6OS2. The maximum atomic E-state index is 12.7. The van der Waals surface area contributed by atoms with Crippen LogP contribution in [0.2, 0.25) is 0 Å². The number of urea groups is 1. The summed E-state index contributed by atoms with van der Waals surface area (Å²) in [4.78, 5) is 17.7. The number of carbonyl (C=O) groups excluding carboxylic acids is 1. The van der Waals surface area contributed by atoms with Gasteiger partial charge in [0.05, 0.1) is 35.7 Å². The Morgan fingerprint density at radius 1 is 1.31 bits per heavy atom. The van der Waals surface area contributed by atoms with Crippen molar-refractivity contribution in [3.63, 3.8) is 0 Å². The average Bonchev–Trinajstić information content (AvgIpc) is 3.25. The van der Waals surface area contributed by atoms with Gasteiger partial charge in [-0.1, -0.05) is 0 Å². The summed E-state index contributed by atoms with van der Waals surface area (Å²) >= 11 is 3.19. The second-order valence-electron chi connectivity index (χ2n) is 8.05. The molecule has 0 bridgehead atoms. The van der Waals surface area contributed by atoms with Crippen molar-refractivity contribution < 1.29 is 4.79 Å². The lowest BCUT2D eigenvalue weighted by molar-refractivity contribution is 0.253. The summed E-state index contributed by atoms with van der Waals surface area (Å²) in [6, 6.07) is 0.168. The van der Waals surface area contributed by atoms with Gasteiger partial charge in [0.2, 0.25) is 0 Å². The highest BCUT2D eigenvalue weighted by molar-refractivity contribution is 7.99. The fourth-order valence-electron chi connectivity index (χ4n) is 4.29. The number of carbonyl (C=O) groups is 1. The van der Waals surface area contributed by atoms with E-state index in [0.717, 1.165) is 50.1 Å². The zero-order valence-electron chi connectivity index (χ0n) is 17.4. The van der Waals surface area contributed by atoms with Gasteiger partial charge < -0.3 is 10.2 Å². The van der Waals surface area contributed by atoms with E-state index < -0.39 is 0 Å². The lowest BCUT2D eigenvalue weighted by Gasteiger charge is -2.37. The summed E-state index contributed by atoms with van der Waals surface area (Å²) in [5.41, 5.74) is 3.38. The molecule has 2 aromatic heterocycles. The van der Waals surface area contributed by atoms with Gasteiger partial charge in [-0.05, 0) is 64.6 Å². The Morgan fingerprint density at radius 3 is 2.90 bits per heavy atom. The summed E-state index contributed by atoms with van der Waals surface area (Å²) in [5.74, 6) is 0. The summed E-state index contributed by atoms with van der Waals surface area (Å²) in [6.07, 6.45) is 10.8. The molecule has 2 aromatic rings. The molecule has 4 rings (SSSR count). The zero-order valence-corrected chi connectivity index (χ0v) is 19.0. The first-order chi connectivity index (χ1) is 14.0. The Labute approximate surface area is 181 Å². The van der Waals surface area contributed by atoms with Crippen LogP contribution in [0.3, 0.4) is 0 Å². The first kappa shape index (κ1) is 20.6. The zero-order chi connectivity index (χ0) is 20.4. The number of anilines is 2. The second-order valence-corrected chi connectivity index (χ2v) is 10.1. The molecule has 1 saturated heterocycles. The summed E-state index contributed by atoms with van der Waals surface area (Å²) in [5, 5.41) is 7.44. The number of hydrogen-bond donors (Lipinski definition) is 2. The Kier molecular flexibility index (Phi) is 6.36. The molecule has 7 nitrogen and oxygen atoms in total. The summed E-state index contributed by atoms with van der Waals surface area (Å²) < 4.78 is 7.01. The molecule has 0 radical (unpaired) electrons. The first-order valence-corrected chi connectivity index (χ1v) is 11.9. The van der Waals surface area contributed by atoms with Crippen LogP contribution in [0.15, 0.2) is 12.4 Å². The molecule has 1 aliphatic carbocycles. The third kappa shape index (κ3) is 4.73. The van der Waals surface area contributed by atoms with Crippen LogP contribution in [0.5, 0.6) is 0 Å². The largest absolute Gasteiger partial charge is 0.330 e. The monoisotopic (exact) mass is 434 g/mol. The lowest BCUT2D eigenvalue weighted by Crippen LogP contribution is -2.45. The van der Waals surface area contributed by atoms with Crippen molar-refractivity contribution in [1.82, 2.24) is 19.4 Å². The molecule has 0 saturated carbocycles. The normalized spacial score (nSPS) is 19.6. The molecule has 1 atom stereocenters. The van der Waals surface area contributed by atoms with Crippen LogP contribution >= 0.6 is 23.5 Å². The molecule has 9 heteroatoms. The number of fused-ring (bicyclic) bond motifs is 1. The Balaban J connectivity index is 1.43. The van der Waals surface area contributed by atoms with Crippen LogP contribution in [0.1, 0.15) is 41.0 Å². The van der Waals surface area contributed by atoms with E-state index in [4.69, 9.17) is 0 Å². The van der Waals surface area contributed by atoms with E-state index in [1.165, 1.54) is 40.3 Å². The smallest absolute Gasteiger partial charge is 0.306 e. The Bertz CT molecular complexity index is 863. The summed E-state index contributed by atoms with van der Waals surface area (Å²) in [6.45, 7) is 4.20. The minimum absolute atomic E-state index is 0.165. The van der Waals surface area contributed by atoms with Crippen LogP contribution in [-0.2, 0) is 19.9 Å². The standard InChI is InChI=1S/C20H30N6OS2/c1-14-19(17-8-4-5-9-18(17)28-14)22-20(27)23-29-26(16-11-21-25(3)13-16)15-7-6-10-24(2)12-15/h11,13,15H,4-10,12H2,1-3H3,(H2,22,23,27). The molecule has 0 aromatic carbocycles. The summed E-state index contributed by atoms with van der Waals surface area (Å²) in [7, 11) is 4.07. The second kappa shape index (κ2) is 8.97. The number of nitrogens with zero attached hydrogens (tertiary/aromatic N) is 4. The molecule has 29 heavy (non-hydrogen) atoms. The van der Waals surface area contributed by atoms with Gasteiger partial charge in [0.1, 0.15) is 0 Å². The van der Waals surface area contributed by atoms with Crippen LogP contribution < -0.4 is 14.3 Å². The molecule has 3 heterocycles. The predicted octanol–water partition coefficient (Wildman–Crippen LogP) is 3.95. The average molecular weight is 435 g/mol. The first-order valence-electron chi connectivity index (χ1n) is 10.3. The molecular weight excluding hydrogens is 404 g/mol. The fourth-order valence-corrected chi connectivity index (χ4v) is 6.26. The topological polar surface area (TPSA) is 65.4 Å². The van der Waals surface area contributed by atoms with E-state index in [9.17, 15) is 4.79 Å². The molecule has 2 aliphatic rings. The van der Waals surface area contributed by atoms with Crippen LogP contribution in [0, 0.1) is 6.92 Å². The van der Waals surface area contributed by atoms with Crippen molar-refractivity contribution in [2.45, 2.75) is 51.5 Å². The highest BCUT2D eigenvalue weighted by Gasteiger charge is 2.27. The molecule has 2 N–H and O–H groups in total. The molecule has 158 valence electrons. The number of nitrogens with one attached hydrogen (secondary N) is 2. The van der Waals surface area contributed by atoms with Crippen LogP contribution in [0.25, 0.3) is 0 Å². The highest BCUT2D eigenvalue weighted by Crippen LogP contribution is 2.37. The van der Waals surface area contributed by atoms with Gasteiger partial charge in [-0.3, -0.25) is 13.7 Å². The number of hydrogen-bond acceptors (Lipinski definition) is 6. The van der Waals surface area contributed by atoms with Crippen molar-refractivity contribution in [3.05, 3.63) is 27.7 Å². The SMILES string of the molecule is Cc1sc2c(c1NC(=O)NSN(c1cnn(C)c1)C1CCCN(C)C1)CCCC2. The number of aryl methyl sites for hydroxylation is 3. The molecule has 2 amide bonds. The van der Waals surface area contributed by atoms with Gasteiger partial charge in [0, 0.05) is 29.5 Å². The van der Waals surface area contributed by atoms with Crippen molar-refractivity contribution in [2.24, 2.45) is 7.05 Å². The van der Waals surface area contributed by atoms with E-state index in [0.29, 0.717) is 6.04 Å². The molecule has 0 spiro atoms. The van der Waals surface area contributed by atoms with E-state index >= 15 is 0 Å². The van der Waals surface area contributed by atoms with E-state index in [2.05, 4.69) is 38.3 Å². The third-order valence-corrected chi connectivity index (χ3v) is 7.89. The molecule has 1 fully saturated rings. The van der Waals surface area contributed by atoms with Crippen LogP contribution in [0.4, 0.5) is 16.2 Å². The third-order valence-electron chi connectivity index (χ3n) is 5.70. The van der Waals surface area contributed by atoms with Crippen molar-refractivity contribution >= 4 is 40.9 Å². The lowest BCUT2D eigenvalue weighted by atomic mass is 9.97. The minimum Gasteiger partial charge on any atom is -0.306 e. The number of amides is 2. The maximum absolute atomic E-state index is 12.7. The Morgan fingerprint density at radius 2 is 2.14 bits per heavy atom. The predicted molar refractivity (Wildman–Crippen MR) is 122 cm³/mol. The number of piperidine rings is 1. The van der Waals surface area contributed by atoms with Gasteiger partial charge in [-0.25, -0.2) is 4.79 Å². The van der Waals surface area contributed by atoms with Gasteiger partial charge in [-0.2, -0.15) is 5.10 Å². The number of likely N-dealkylation sites (tertiary alicyclic amines) is 1. The van der Waals surface area contributed by atoms with Gasteiger partial charge in [0.15, 0.2) is 0 Å². The highest BCUT2D eigenvalue weighted by atomic mass is 32.2. The van der Waals surface area contributed by atoms with E-state index in [1.807, 2.05) is 30.8 Å². The maximum Gasteiger partial charge on any atom is 0.330 e. The molecule has 1 aliphatic heterocycles. The Hall–Kier alpha value is -1.71. The van der Waals surface area contributed by atoms with Crippen molar-refractivity contribution in [2.75, 3.05) is 29.8 Å². The number of aromatic nitrogens is 2. The minimum atomic E-state index is -0.165. The quantitative estimate of drug-likeness (QED) is 0.698.